The van der Waals surface area contributed by atoms with Crippen LogP contribution in [0.25, 0.3) is 0 Å². The molecule has 0 bridgehead atoms. The minimum absolute atomic E-state index is 0.0210. The number of benzene rings is 3. The largest absolute Gasteiger partial charge is 0.456 e. The molecule has 7 nitrogen and oxygen atoms in total. The van der Waals surface area contributed by atoms with Crippen molar-refractivity contribution >= 4 is 11.8 Å². The average Bonchev–Trinajstić information content (AvgIpc) is 3.51. The summed E-state index contributed by atoms with van der Waals surface area (Å²) >= 11 is 0. The number of carbonyl (C=O) groups excluding carboxylic acids is 2. The topological polar surface area (TPSA) is 113 Å². The number of fused-ring (bicyclic) bond motifs is 5. The highest BCUT2D eigenvalue weighted by Crippen LogP contribution is 2.76. The molecular formula is C41H44O7. The maximum atomic E-state index is 13.8. The number of ketones is 1. The summed E-state index contributed by atoms with van der Waals surface area (Å²) in [6.45, 7) is 8.65. The van der Waals surface area contributed by atoms with Crippen LogP contribution in [0.4, 0.5) is 0 Å². The summed E-state index contributed by atoms with van der Waals surface area (Å²) < 4.78 is 13.1. The molecule has 0 saturated heterocycles. The molecule has 7 heteroatoms. The normalized spacial score (nSPS) is 34.9. The minimum Gasteiger partial charge on any atom is -0.456 e. The summed E-state index contributed by atoms with van der Waals surface area (Å²) in [6, 6.07) is 29.9. The number of aliphatic hydroxyl groups excluding tert-OH is 1. The molecular weight excluding hydrogens is 604 g/mol. The van der Waals surface area contributed by atoms with Gasteiger partial charge in [-0.2, -0.15) is 0 Å². The van der Waals surface area contributed by atoms with E-state index in [-0.39, 0.29) is 18.6 Å². The first kappa shape index (κ1) is 32.7. The third-order valence-corrected chi connectivity index (χ3v) is 12.0. The van der Waals surface area contributed by atoms with Crippen LogP contribution < -0.4 is 0 Å². The van der Waals surface area contributed by atoms with E-state index in [4.69, 9.17) is 9.47 Å². The van der Waals surface area contributed by atoms with Gasteiger partial charge >= 0.3 is 5.97 Å². The SMILES string of the molecule is CC(=O)O[C@@]12[C@H](O)[C@@H](C)[C@]3(O)C4=CC(C)C(=O)[C@@]4(O)CC(COC(c4ccccc4)(c4ccccc4)c4ccccc4)=C[C@H]3[C@@H]1C2(C)C. The Morgan fingerprint density at radius 2 is 1.35 bits per heavy atom. The Balaban J connectivity index is 1.40. The molecule has 3 N–H and O–H groups in total. The van der Waals surface area contributed by atoms with Crippen molar-refractivity contribution in [2.75, 3.05) is 6.61 Å². The van der Waals surface area contributed by atoms with Gasteiger partial charge in [-0.3, -0.25) is 9.59 Å². The van der Waals surface area contributed by atoms with Gasteiger partial charge in [0.15, 0.2) is 11.4 Å². The molecule has 3 aromatic rings. The van der Waals surface area contributed by atoms with Crippen LogP contribution in [0.2, 0.25) is 0 Å². The van der Waals surface area contributed by atoms with E-state index in [9.17, 15) is 24.9 Å². The fourth-order valence-corrected chi connectivity index (χ4v) is 9.72. The average molecular weight is 649 g/mol. The van der Waals surface area contributed by atoms with Crippen LogP contribution in [0.3, 0.4) is 0 Å². The Morgan fingerprint density at radius 1 is 0.854 bits per heavy atom. The fourth-order valence-electron chi connectivity index (χ4n) is 9.72. The Hall–Kier alpha value is -3.88. The Labute approximate surface area is 281 Å². The van der Waals surface area contributed by atoms with E-state index in [1.54, 1.807) is 19.9 Å². The molecule has 8 atom stereocenters. The Bertz CT molecular complexity index is 1700. The van der Waals surface area contributed by atoms with Crippen molar-refractivity contribution in [3.05, 3.63) is 131 Å². The molecule has 7 rings (SSSR count). The lowest BCUT2D eigenvalue weighted by Crippen LogP contribution is -2.62. The van der Waals surface area contributed by atoms with E-state index in [0.717, 1.165) is 16.7 Å². The van der Waals surface area contributed by atoms with Crippen LogP contribution in [-0.2, 0) is 24.7 Å². The maximum Gasteiger partial charge on any atom is 0.303 e. The molecule has 0 amide bonds. The lowest BCUT2D eigenvalue weighted by atomic mass is 9.61. The smallest absolute Gasteiger partial charge is 0.303 e. The highest BCUT2D eigenvalue weighted by molar-refractivity contribution is 5.98. The van der Waals surface area contributed by atoms with Crippen LogP contribution >= 0.6 is 0 Å². The summed E-state index contributed by atoms with van der Waals surface area (Å²) in [5.41, 5.74) is -3.21. The fraction of sp³-hybridized carbons (Fsp3) is 0.415. The van der Waals surface area contributed by atoms with Gasteiger partial charge in [0.25, 0.3) is 0 Å². The molecule has 3 aromatic carbocycles. The molecule has 0 heterocycles. The number of aliphatic hydroxyl groups is 3. The van der Waals surface area contributed by atoms with Gasteiger partial charge in [-0.25, -0.2) is 0 Å². The molecule has 0 aromatic heterocycles. The first-order valence-corrected chi connectivity index (χ1v) is 16.9. The van der Waals surface area contributed by atoms with Crippen molar-refractivity contribution < 1.29 is 34.4 Å². The number of allylic oxidation sites excluding steroid dienone is 1. The number of carbonyl (C=O) groups is 2. The number of esters is 1. The predicted molar refractivity (Wildman–Crippen MR) is 180 cm³/mol. The van der Waals surface area contributed by atoms with Gasteiger partial charge in [0.1, 0.15) is 22.9 Å². The molecule has 48 heavy (non-hydrogen) atoms. The Kier molecular flexibility index (Phi) is 7.53. The molecule has 0 aliphatic heterocycles. The van der Waals surface area contributed by atoms with Gasteiger partial charge in [0.05, 0.1) is 6.61 Å². The van der Waals surface area contributed by atoms with E-state index in [0.29, 0.717) is 5.57 Å². The Morgan fingerprint density at radius 3 is 1.83 bits per heavy atom. The monoisotopic (exact) mass is 648 g/mol. The summed E-state index contributed by atoms with van der Waals surface area (Å²) in [4.78, 5) is 26.3. The lowest BCUT2D eigenvalue weighted by molar-refractivity contribution is -0.191. The van der Waals surface area contributed by atoms with Crippen molar-refractivity contribution in [3.8, 4) is 0 Å². The van der Waals surface area contributed by atoms with E-state index in [1.807, 2.05) is 111 Å². The van der Waals surface area contributed by atoms with Gasteiger partial charge in [-0.05, 0) is 27.8 Å². The lowest BCUT2D eigenvalue weighted by Gasteiger charge is -2.50. The zero-order chi connectivity index (χ0) is 34.3. The number of hydrogen-bond donors (Lipinski definition) is 3. The van der Waals surface area contributed by atoms with E-state index >= 15 is 0 Å². The number of rotatable bonds is 7. The summed E-state index contributed by atoms with van der Waals surface area (Å²) in [7, 11) is 0. The van der Waals surface area contributed by atoms with Gasteiger partial charge in [0, 0.05) is 42.4 Å². The zero-order valence-electron chi connectivity index (χ0n) is 28.1. The second-order valence-electron chi connectivity index (χ2n) is 14.8. The van der Waals surface area contributed by atoms with Crippen molar-refractivity contribution in [1.82, 2.24) is 0 Å². The van der Waals surface area contributed by atoms with Crippen LogP contribution in [-0.4, -0.2) is 56.6 Å². The summed E-state index contributed by atoms with van der Waals surface area (Å²) in [5, 5.41) is 37.1. The summed E-state index contributed by atoms with van der Waals surface area (Å²) in [5.74, 6) is -3.60. The minimum atomic E-state index is -2.00. The molecule has 4 aliphatic rings. The second kappa shape index (κ2) is 11.1. The van der Waals surface area contributed by atoms with Crippen molar-refractivity contribution in [2.45, 2.75) is 69.5 Å². The van der Waals surface area contributed by atoms with Gasteiger partial charge in [-0.15, -0.1) is 0 Å². The van der Waals surface area contributed by atoms with Crippen molar-refractivity contribution in [3.63, 3.8) is 0 Å². The quantitative estimate of drug-likeness (QED) is 0.176. The van der Waals surface area contributed by atoms with Crippen molar-refractivity contribution in [1.29, 1.82) is 0 Å². The summed E-state index contributed by atoms with van der Waals surface area (Å²) in [6.07, 6.45) is 2.30. The second-order valence-corrected chi connectivity index (χ2v) is 14.8. The first-order chi connectivity index (χ1) is 22.8. The van der Waals surface area contributed by atoms with Crippen LogP contribution in [0, 0.1) is 29.1 Å². The zero-order valence-corrected chi connectivity index (χ0v) is 28.1. The van der Waals surface area contributed by atoms with Crippen LogP contribution in [0.15, 0.2) is 114 Å². The van der Waals surface area contributed by atoms with Crippen molar-refractivity contribution in [2.24, 2.45) is 29.1 Å². The van der Waals surface area contributed by atoms with E-state index in [2.05, 4.69) is 0 Å². The number of Topliss-reactive ketones (excluding diaryl/α,β-unsaturated/α-hetero) is 1. The van der Waals surface area contributed by atoms with Crippen LogP contribution in [0.5, 0.6) is 0 Å². The highest BCUT2D eigenvalue weighted by atomic mass is 16.6. The maximum absolute atomic E-state index is 13.8. The molecule has 4 aliphatic carbocycles. The third-order valence-electron chi connectivity index (χ3n) is 12.0. The number of ether oxygens (including phenoxy) is 2. The molecule has 1 unspecified atom stereocenters. The number of hydrogen-bond acceptors (Lipinski definition) is 7. The van der Waals surface area contributed by atoms with Gasteiger partial charge in [-0.1, -0.05) is 131 Å². The molecule has 2 fully saturated rings. The molecule has 2 saturated carbocycles. The molecule has 0 spiro atoms. The highest BCUT2D eigenvalue weighted by Gasteiger charge is 2.86. The van der Waals surface area contributed by atoms with Gasteiger partial charge in [0.2, 0.25) is 0 Å². The van der Waals surface area contributed by atoms with E-state index < -0.39 is 69.3 Å². The molecule has 250 valence electrons. The van der Waals surface area contributed by atoms with E-state index in [1.165, 1.54) is 6.92 Å². The predicted octanol–water partition coefficient (Wildman–Crippen LogP) is 5.52. The molecule has 0 radical (unpaired) electrons. The standard InChI is InChI=1S/C41H44O7/c1-25-21-33-38(45,35(25)43)23-28(22-32-34-37(4,5)41(34,48-27(3)42)36(44)26(2)39(32,33)46)24-47-40(29-15-9-6-10-16-29,30-17-11-7-12-18-30)31-19-13-8-14-20-31/h6-22,25-26,32,34,36,44-46H,23-24H2,1-5H3/t25?,26-,32+,34-,36-,38-,39-,41-/m1/s1. The van der Waals surface area contributed by atoms with Gasteiger partial charge < -0.3 is 24.8 Å². The third kappa shape index (κ3) is 4.27. The van der Waals surface area contributed by atoms with Crippen LogP contribution in [0.1, 0.15) is 57.7 Å². The first-order valence-electron chi connectivity index (χ1n) is 16.9.